The Morgan fingerprint density at radius 3 is 2.71 bits per heavy atom. The molecule has 2 aromatic carbocycles. The number of hydrogen-bond donors (Lipinski definition) is 1. The quantitative estimate of drug-likeness (QED) is 0.798. The summed E-state index contributed by atoms with van der Waals surface area (Å²) in [6, 6.07) is 15.1. The van der Waals surface area contributed by atoms with E-state index >= 15 is 0 Å². The van der Waals surface area contributed by atoms with Gasteiger partial charge in [-0.3, -0.25) is 14.6 Å². The Bertz CT molecular complexity index is 994. The van der Waals surface area contributed by atoms with Gasteiger partial charge in [-0.25, -0.2) is 9.59 Å². The van der Waals surface area contributed by atoms with Crippen molar-refractivity contribution in [2.75, 3.05) is 22.9 Å². The molecular formula is C23H25N3O5. The molecule has 2 aliphatic rings. The first kappa shape index (κ1) is 20.7. The summed E-state index contributed by atoms with van der Waals surface area (Å²) in [4.78, 5) is 39.5. The number of ether oxygens (including phenoxy) is 2. The first-order valence-corrected chi connectivity index (χ1v) is 10.3. The van der Waals surface area contributed by atoms with Crippen LogP contribution in [0.3, 0.4) is 0 Å². The van der Waals surface area contributed by atoms with Crippen molar-refractivity contribution in [2.45, 2.75) is 39.0 Å². The van der Waals surface area contributed by atoms with Gasteiger partial charge in [0.2, 0.25) is 5.91 Å². The molecule has 0 aliphatic carbocycles. The van der Waals surface area contributed by atoms with E-state index in [-0.39, 0.29) is 25.1 Å². The van der Waals surface area contributed by atoms with E-state index in [0.717, 1.165) is 16.8 Å². The highest BCUT2D eigenvalue weighted by molar-refractivity contribution is 5.95. The Morgan fingerprint density at radius 1 is 1.19 bits per heavy atom. The predicted molar refractivity (Wildman–Crippen MR) is 115 cm³/mol. The smallest absolute Gasteiger partial charge is 0.414 e. The fraction of sp³-hybridized carbons (Fsp3) is 0.348. The molecule has 2 heterocycles. The third-order valence-corrected chi connectivity index (χ3v) is 5.45. The van der Waals surface area contributed by atoms with Crippen molar-refractivity contribution in [3.63, 3.8) is 0 Å². The molecule has 8 heteroatoms. The third kappa shape index (κ3) is 4.47. The summed E-state index contributed by atoms with van der Waals surface area (Å²) in [5.74, 6) is -0.175. The number of anilines is 2. The highest BCUT2D eigenvalue weighted by atomic mass is 16.6. The molecule has 1 N–H and O–H groups in total. The lowest BCUT2D eigenvalue weighted by molar-refractivity contribution is -0.119. The largest absolute Gasteiger partial charge is 0.444 e. The van der Waals surface area contributed by atoms with Crippen molar-refractivity contribution < 1.29 is 23.9 Å². The third-order valence-electron chi connectivity index (χ3n) is 5.45. The lowest BCUT2D eigenvalue weighted by Crippen LogP contribution is -2.36. The molecule has 3 amide bonds. The molecule has 2 aromatic rings. The second-order valence-electron chi connectivity index (χ2n) is 7.83. The summed E-state index contributed by atoms with van der Waals surface area (Å²) in [6.45, 7) is 4.17. The zero-order valence-corrected chi connectivity index (χ0v) is 17.5. The number of benzene rings is 2. The van der Waals surface area contributed by atoms with E-state index in [1.165, 1.54) is 11.8 Å². The maximum atomic E-state index is 12.8. The zero-order chi connectivity index (χ0) is 22.0. The van der Waals surface area contributed by atoms with Crippen molar-refractivity contribution >= 4 is 29.5 Å². The highest BCUT2D eigenvalue weighted by Gasteiger charge is 2.36. The van der Waals surface area contributed by atoms with E-state index in [1.807, 2.05) is 55.5 Å². The number of nitrogens with one attached hydrogen (secondary N) is 1. The second-order valence-corrected chi connectivity index (χ2v) is 7.83. The molecule has 2 aliphatic heterocycles. The van der Waals surface area contributed by atoms with Gasteiger partial charge in [0, 0.05) is 18.7 Å². The van der Waals surface area contributed by atoms with E-state index in [9.17, 15) is 14.4 Å². The van der Waals surface area contributed by atoms with Crippen molar-refractivity contribution in [1.29, 1.82) is 0 Å². The van der Waals surface area contributed by atoms with E-state index in [0.29, 0.717) is 18.7 Å². The molecule has 0 saturated carbocycles. The fourth-order valence-corrected chi connectivity index (χ4v) is 3.93. The van der Waals surface area contributed by atoms with Gasteiger partial charge in [0.1, 0.15) is 12.7 Å². The normalized spacial score (nSPS) is 19.7. The van der Waals surface area contributed by atoms with Crippen LogP contribution in [0.2, 0.25) is 0 Å². The van der Waals surface area contributed by atoms with Crippen LogP contribution in [0.15, 0.2) is 48.5 Å². The SMILES string of the molecule is CC(=O)NC[C@H]1CN(c2ccc3c(c2)N(C(=O)OCc2ccccc2)[C@H](C)C3)C(=O)O1. The Labute approximate surface area is 180 Å². The summed E-state index contributed by atoms with van der Waals surface area (Å²) >= 11 is 0. The molecular weight excluding hydrogens is 398 g/mol. The first-order valence-electron chi connectivity index (χ1n) is 10.3. The lowest BCUT2D eigenvalue weighted by atomic mass is 10.1. The molecule has 0 bridgehead atoms. The number of fused-ring (bicyclic) bond motifs is 1. The van der Waals surface area contributed by atoms with Gasteiger partial charge < -0.3 is 14.8 Å². The standard InChI is InChI=1S/C23H25N3O5/c1-15-10-18-8-9-19(25-13-20(31-22(25)28)12-24-16(2)27)11-21(18)26(15)23(29)30-14-17-6-4-3-5-7-17/h3-9,11,15,20H,10,12-14H2,1-2H3,(H,24,27)/t15-,20+/m1/s1. The molecule has 1 saturated heterocycles. The second kappa shape index (κ2) is 8.67. The van der Waals surface area contributed by atoms with Gasteiger partial charge >= 0.3 is 12.2 Å². The van der Waals surface area contributed by atoms with E-state index < -0.39 is 18.3 Å². The molecule has 31 heavy (non-hydrogen) atoms. The van der Waals surface area contributed by atoms with Crippen LogP contribution >= 0.6 is 0 Å². The summed E-state index contributed by atoms with van der Waals surface area (Å²) in [5.41, 5.74) is 3.32. The Kier molecular flexibility index (Phi) is 5.79. The molecule has 2 atom stereocenters. The average Bonchev–Trinajstić information content (AvgIpc) is 3.29. The Balaban J connectivity index is 1.48. The van der Waals surface area contributed by atoms with E-state index in [2.05, 4.69) is 5.32 Å². The van der Waals surface area contributed by atoms with Crippen LogP contribution in [0.5, 0.6) is 0 Å². The molecule has 8 nitrogen and oxygen atoms in total. The van der Waals surface area contributed by atoms with Crippen molar-refractivity contribution in [3.05, 3.63) is 59.7 Å². The maximum absolute atomic E-state index is 12.8. The van der Waals surface area contributed by atoms with Crippen LogP contribution in [0.4, 0.5) is 21.0 Å². The Hall–Kier alpha value is -3.55. The summed E-state index contributed by atoms with van der Waals surface area (Å²) in [7, 11) is 0. The molecule has 0 spiro atoms. The van der Waals surface area contributed by atoms with Crippen LogP contribution in [-0.2, 0) is 27.3 Å². The van der Waals surface area contributed by atoms with Crippen LogP contribution in [0, 0.1) is 0 Å². The number of amides is 3. The minimum absolute atomic E-state index is 0.0495. The average molecular weight is 423 g/mol. The van der Waals surface area contributed by atoms with Gasteiger partial charge in [-0.05, 0) is 36.6 Å². The Morgan fingerprint density at radius 2 is 1.97 bits per heavy atom. The monoisotopic (exact) mass is 423 g/mol. The maximum Gasteiger partial charge on any atom is 0.414 e. The van der Waals surface area contributed by atoms with E-state index in [1.54, 1.807) is 4.90 Å². The van der Waals surface area contributed by atoms with Gasteiger partial charge in [-0.15, -0.1) is 0 Å². The van der Waals surface area contributed by atoms with E-state index in [4.69, 9.17) is 9.47 Å². The number of cyclic esters (lactones) is 1. The highest BCUT2D eigenvalue weighted by Crippen LogP contribution is 2.37. The molecule has 4 rings (SSSR count). The van der Waals surface area contributed by atoms with Crippen molar-refractivity contribution in [1.82, 2.24) is 5.32 Å². The summed E-state index contributed by atoms with van der Waals surface area (Å²) in [6.07, 6.45) is -0.596. The minimum Gasteiger partial charge on any atom is -0.444 e. The van der Waals surface area contributed by atoms with Crippen LogP contribution in [0.1, 0.15) is 25.0 Å². The molecule has 0 unspecified atom stereocenters. The summed E-state index contributed by atoms with van der Waals surface area (Å²) in [5, 5.41) is 2.66. The number of carbonyl (C=O) groups is 3. The van der Waals surface area contributed by atoms with Crippen molar-refractivity contribution in [2.24, 2.45) is 0 Å². The van der Waals surface area contributed by atoms with Gasteiger partial charge in [0.25, 0.3) is 0 Å². The van der Waals surface area contributed by atoms with Crippen molar-refractivity contribution in [3.8, 4) is 0 Å². The fourth-order valence-electron chi connectivity index (χ4n) is 3.93. The van der Waals surface area contributed by atoms with Gasteiger partial charge in [-0.1, -0.05) is 36.4 Å². The van der Waals surface area contributed by atoms with Crippen LogP contribution in [0.25, 0.3) is 0 Å². The topological polar surface area (TPSA) is 88.2 Å². The number of carbonyl (C=O) groups excluding carboxylic acids is 3. The number of rotatable bonds is 5. The van der Waals surface area contributed by atoms with Gasteiger partial charge in [0.15, 0.2) is 0 Å². The molecule has 162 valence electrons. The van der Waals surface area contributed by atoms with Gasteiger partial charge in [0.05, 0.1) is 18.8 Å². The van der Waals surface area contributed by atoms with Gasteiger partial charge in [-0.2, -0.15) is 0 Å². The molecule has 0 radical (unpaired) electrons. The zero-order valence-electron chi connectivity index (χ0n) is 17.5. The minimum atomic E-state index is -0.473. The van der Waals surface area contributed by atoms with Crippen LogP contribution in [-0.4, -0.2) is 43.3 Å². The van der Waals surface area contributed by atoms with Crippen LogP contribution < -0.4 is 15.1 Å². The molecule has 1 fully saturated rings. The first-order chi connectivity index (χ1) is 14.9. The number of hydrogen-bond acceptors (Lipinski definition) is 5. The molecule has 0 aromatic heterocycles. The predicted octanol–water partition coefficient (Wildman–Crippen LogP) is 3.24. The number of nitrogens with zero attached hydrogens (tertiary/aromatic N) is 2. The summed E-state index contributed by atoms with van der Waals surface area (Å²) < 4.78 is 10.9. The lowest BCUT2D eigenvalue weighted by Gasteiger charge is -2.23.